The maximum atomic E-state index is 12.8. The molecule has 2 atom stereocenters. The number of carbonyl (C=O) groups is 1. The second kappa shape index (κ2) is 5.75. The fourth-order valence-electron chi connectivity index (χ4n) is 2.53. The molecule has 120 valence electrons. The molecule has 0 heterocycles. The molecule has 0 unspecified atom stereocenters. The first-order valence-electron chi connectivity index (χ1n) is 7.04. The number of hydrogen-bond acceptors (Lipinski definition) is 3. The first-order chi connectivity index (χ1) is 10.8. The summed E-state index contributed by atoms with van der Waals surface area (Å²) in [5, 5.41) is 7.80. The van der Waals surface area contributed by atoms with Crippen LogP contribution in [0.5, 0.6) is 0 Å². The molecule has 2 aromatic rings. The number of hydrogen-bond donors (Lipinski definition) is 2. The SMILES string of the molecule is NS(=O)(=O)c1ccc([C@@H]2C[C@H]2C(=O)Nc2ccc(F)cc2)cc1. The van der Waals surface area contributed by atoms with Gasteiger partial charge in [-0.1, -0.05) is 12.1 Å². The van der Waals surface area contributed by atoms with E-state index in [1.54, 1.807) is 12.1 Å². The van der Waals surface area contributed by atoms with Crippen LogP contribution in [-0.2, 0) is 14.8 Å². The highest BCUT2D eigenvalue weighted by atomic mass is 32.2. The van der Waals surface area contributed by atoms with Gasteiger partial charge in [0.25, 0.3) is 0 Å². The van der Waals surface area contributed by atoms with Crippen LogP contribution in [0.15, 0.2) is 53.4 Å². The lowest BCUT2D eigenvalue weighted by Gasteiger charge is -2.05. The van der Waals surface area contributed by atoms with Crippen LogP contribution < -0.4 is 10.5 Å². The highest BCUT2D eigenvalue weighted by Crippen LogP contribution is 2.48. The van der Waals surface area contributed by atoms with Gasteiger partial charge in [-0.25, -0.2) is 17.9 Å². The lowest BCUT2D eigenvalue weighted by Crippen LogP contribution is -2.14. The number of halogens is 1. The summed E-state index contributed by atoms with van der Waals surface area (Å²) in [5.41, 5.74) is 1.45. The smallest absolute Gasteiger partial charge is 0.238 e. The molecule has 0 aliphatic heterocycles. The second-order valence-corrected chi connectivity index (χ2v) is 7.12. The Morgan fingerprint density at radius 1 is 1.09 bits per heavy atom. The summed E-state index contributed by atoms with van der Waals surface area (Å²) >= 11 is 0. The van der Waals surface area contributed by atoms with E-state index in [0.29, 0.717) is 12.1 Å². The molecule has 3 N–H and O–H groups in total. The Kier molecular flexibility index (Phi) is 3.91. The Morgan fingerprint density at radius 3 is 2.26 bits per heavy atom. The summed E-state index contributed by atoms with van der Waals surface area (Å²) < 4.78 is 35.3. The Hall–Kier alpha value is -2.25. The number of anilines is 1. The number of sulfonamides is 1. The Labute approximate surface area is 133 Å². The fraction of sp³-hybridized carbons (Fsp3) is 0.188. The largest absolute Gasteiger partial charge is 0.326 e. The number of benzene rings is 2. The Balaban J connectivity index is 1.64. The van der Waals surface area contributed by atoms with Crippen molar-refractivity contribution < 1.29 is 17.6 Å². The third kappa shape index (κ3) is 3.57. The number of rotatable bonds is 4. The highest BCUT2D eigenvalue weighted by molar-refractivity contribution is 7.89. The quantitative estimate of drug-likeness (QED) is 0.898. The fourth-order valence-corrected chi connectivity index (χ4v) is 3.04. The maximum absolute atomic E-state index is 12.8. The van der Waals surface area contributed by atoms with Gasteiger partial charge in [0, 0.05) is 11.6 Å². The molecule has 1 amide bonds. The number of primary sulfonamides is 1. The van der Waals surface area contributed by atoms with Crippen molar-refractivity contribution in [2.24, 2.45) is 11.1 Å². The van der Waals surface area contributed by atoms with Crippen LogP contribution in [-0.4, -0.2) is 14.3 Å². The van der Waals surface area contributed by atoms with Crippen LogP contribution in [0.2, 0.25) is 0 Å². The van der Waals surface area contributed by atoms with Gasteiger partial charge in [-0.05, 0) is 54.3 Å². The lowest BCUT2D eigenvalue weighted by atomic mass is 10.1. The van der Waals surface area contributed by atoms with Gasteiger partial charge in [0.1, 0.15) is 5.82 Å². The zero-order valence-electron chi connectivity index (χ0n) is 12.1. The van der Waals surface area contributed by atoms with Gasteiger partial charge < -0.3 is 5.32 Å². The minimum atomic E-state index is -3.71. The van der Waals surface area contributed by atoms with E-state index in [9.17, 15) is 17.6 Å². The molecule has 1 fully saturated rings. The van der Waals surface area contributed by atoms with Crippen molar-refractivity contribution in [1.82, 2.24) is 0 Å². The summed E-state index contributed by atoms with van der Waals surface area (Å²) in [6.07, 6.45) is 0.696. The van der Waals surface area contributed by atoms with E-state index in [1.807, 2.05) is 0 Å². The third-order valence-electron chi connectivity index (χ3n) is 3.88. The van der Waals surface area contributed by atoms with Crippen LogP contribution in [0.25, 0.3) is 0 Å². The minimum absolute atomic E-state index is 0.0502. The molecule has 1 aliphatic rings. The van der Waals surface area contributed by atoms with E-state index >= 15 is 0 Å². The number of amides is 1. The van der Waals surface area contributed by atoms with Gasteiger partial charge in [-0.3, -0.25) is 4.79 Å². The predicted molar refractivity (Wildman–Crippen MR) is 83.7 cm³/mol. The molecule has 5 nitrogen and oxygen atoms in total. The van der Waals surface area contributed by atoms with Crippen LogP contribution >= 0.6 is 0 Å². The molecule has 0 saturated heterocycles. The van der Waals surface area contributed by atoms with Gasteiger partial charge in [-0.15, -0.1) is 0 Å². The van der Waals surface area contributed by atoms with Crippen molar-refractivity contribution in [3.05, 3.63) is 59.9 Å². The van der Waals surface area contributed by atoms with Gasteiger partial charge in [0.15, 0.2) is 0 Å². The molecule has 3 rings (SSSR count). The van der Waals surface area contributed by atoms with Gasteiger partial charge >= 0.3 is 0 Å². The van der Waals surface area contributed by atoms with Crippen molar-refractivity contribution in [2.45, 2.75) is 17.2 Å². The molecule has 1 aliphatic carbocycles. The third-order valence-corrected chi connectivity index (χ3v) is 4.80. The van der Waals surface area contributed by atoms with E-state index in [0.717, 1.165) is 5.56 Å². The molecule has 0 radical (unpaired) electrons. The molecule has 0 aromatic heterocycles. The molecule has 2 aromatic carbocycles. The summed E-state index contributed by atoms with van der Waals surface area (Å²) in [4.78, 5) is 12.2. The normalized spacial score (nSPS) is 20.1. The Morgan fingerprint density at radius 2 is 1.70 bits per heavy atom. The topological polar surface area (TPSA) is 89.3 Å². The first-order valence-corrected chi connectivity index (χ1v) is 8.58. The number of nitrogens with one attached hydrogen (secondary N) is 1. The van der Waals surface area contributed by atoms with Crippen LogP contribution in [0.3, 0.4) is 0 Å². The monoisotopic (exact) mass is 334 g/mol. The minimum Gasteiger partial charge on any atom is -0.326 e. The van der Waals surface area contributed by atoms with Crippen molar-refractivity contribution in [2.75, 3.05) is 5.32 Å². The molecule has 0 spiro atoms. The average molecular weight is 334 g/mol. The van der Waals surface area contributed by atoms with Crippen molar-refractivity contribution in [3.8, 4) is 0 Å². The standard InChI is InChI=1S/C16H15FN2O3S/c17-11-3-5-12(6-4-11)19-16(20)15-9-14(15)10-1-7-13(8-2-10)23(18,21)22/h1-8,14-15H,9H2,(H,19,20)(H2,18,21,22)/t14-,15+/m0/s1. The van der Waals surface area contributed by atoms with E-state index in [2.05, 4.69) is 5.32 Å². The Bertz CT molecular complexity index is 833. The summed E-state index contributed by atoms with van der Waals surface area (Å²) in [7, 11) is -3.71. The van der Waals surface area contributed by atoms with E-state index in [1.165, 1.54) is 36.4 Å². The van der Waals surface area contributed by atoms with Crippen molar-refractivity contribution >= 4 is 21.6 Å². The summed E-state index contributed by atoms with van der Waals surface area (Å²) in [5.74, 6) is -0.593. The van der Waals surface area contributed by atoms with Gasteiger partial charge in [0.2, 0.25) is 15.9 Å². The van der Waals surface area contributed by atoms with Crippen LogP contribution in [0.1, 0.15) is 17.9 Å². The van der Waals surface area contributed by atoms with Gasteiger partial charge in [-0.2, -0.15) is 0 Å². The van der Waals surface area contributed by atoms with E-state index in [-0.39, 0.29) is 28.5 Å². The van der Waals surface area contributed by atoms with E-state index in [4.69, 9.17) is 5.14 Å². The van der Waals surface area contributed by atoms with Gasteiger partial charge in [0.05, 0.1) is 4.90 Å². The summed E-state index contributed by atoms with van der Waals surface area (Å²) in [6.45, 7) is 0. The van der Waals surface area contributed by atoms with Crippen LogP contribution in [0, 0.1) is 11.7 Å². The molecule has 0 bridgehead atoms. The maximum Gasteiger partial charge on any atom is 0.238 e. The zero-order valence-corrected chi connectivity index (χ0v) is 12.9. The number of nitrogens with two attached hydrogens (primary N) is 1. The van der Waals surface area contributed by atoms with Crippen molar-refractivity contribution in [1.29, 1.82) is 0 Å². The molecular formula is C16H15FN2O3S. The van der Waals surface area contributed by atoms with E-state index < -0.39 is 10.0 Å². The van der Waals surface area contributed by atoms with Crippen LogP contribution in [0.4, 0.5) is 10.1 Å². The zero-order chi connectivity index (χ0) is 16.6. The molecule has 7 heteroatoms. The first kappa shape index (κ1) is 15.6. The molecule has 23 heavy (non-hydrogen) atoms. The second-order valence-electron chi connectivity index (χ2n) is 5.56. The predicted octanol–water partition coefficient (Wildman–Crippen LogP) is 2.22. The lowest BCUT2D eigenvalue weighted by molar-refractivity contribution is -0.117. The summed E-state index contributed by atoms with van der Waals surface area (Å²) in [6, 6.07) is 11.8. The molecule has 1 saturated carbocycles. The molecular weight excluding hydrogens is 319 g/mol. The highest BCUT2D eigenvalue weighted by Gasteiger charge is 2.43. The van der Waals surface area contributed by atoms with Crippen molar-refractivity contribution in [3.63, 3.8) is 0 Å². The average Bonchev–Trinajstić information content (AvgIpc) is 3.29. The number of carbonyl (C=O) groups excluding carboxylic acids is 1.